The van der Waals surface area contributed by atoms with Crippen LogP contribution in [-0.4, -0.2) is 30.0 Å². The van der Waals surface area contributed by atoms with Crippen LogP contribution in [0.5, 0.6) is 5.75 Å². The van der Waals surface area contributed by atoms with Gasteiger partial charge in [-0.15, -0.1) is 11.3 Å². The SMILES string of the molecule is COc1ccc(NC(=O)Nc2sc3c(c2C(N)=O)CCC(=NO)C3)cc1. The summed E-state index contributed by atoms with van der Waals surface area (Å²) in [6.45, 7) is 0. The maximum Gasteiger partial charge on any atom is 0.324 e. The predicted molar refractivity (Wildman–Crippen MR) is 99.7 cm³/mol. The van der Waals surface area contributed by atoms with Crippen molar-refractivity contribution in [1.82, 2.24) is 0 Å². The molecule has 2 aromatic rings. The fourth-order valence-electron chi connectivity index (χ4n) is 2.84. The zero-order valence-corrected chi connectivity index (χ0v) is 14.9. The highest BCUT2D eigenvalue weighted by Crippen LogP contribution is 2.37. The smallest absolute Gasteiger partial charge is 0.324 e. The van der Waals surface area contributed by atoms with Crippen LogP contribution in [0, 0.1) is 0 Å². The van der Waals surface area contributed by atoms with E-state index in [4.69, 9.17) is 15.7 Å². The van der Waals surface area contributed by atoms with Gasteiger partial charge in [-0.3, -0.25) is 10.1 Å². The largest absolute Gasteiger partial charge is 0.497 e. The van der Waals surface area contributed by atoms with E-state index in [0.717, 1.165) is 10.4 Å². The Morgan fingerprint density at radius 1 is 1.23 bits per heavy atom. The van der Waals surface area contributed by atoms with Gasteiger partial charge in [-0.2, -0.15) is 0 Å². The van der Waals surface area contributed by atoms with Crippen molar-refractivity contribution in [2.45, 2.75) is 19.3 Å². The topological polar surface area (TPSA) is 126 Å². The summed E-state index contributed by atoms with van der Waals surface area (Å²) in [5, 5.41) is 18.0. The number of rotatable bonds is 4. The number of methoxy groups -OCH3 is 1. The number of carbonyl (C=O) groups excluding carboxylic acids is 2. The molecule has 1 aromatic carbocycles. The quantitative estimate of drug-likeness (QED) is 0.485. The first-order chi connectivity index (χ1) is 12.5. The lowest BCUT2D eigenvalue weighted by Gasteiger charge is -2.13. The summed E-state index contributed by atoms with van der Waals surface area (Å²) in [5.41, 5.74) is 7.88. The highest BCUT2D eigenvalue weighted by atomic mass is 32.1. The number of fused-ring (bicyclic) bond motifs is 1. The third kappa shape index (κ3) is 3.62. The van der Waals surface area contributed by atoms with Gasteiger partial charge in [-0.25, -0.2) is 4.79 Å². The molecular weight excluding hydrogens is 356 g/mol. The van der Waals surface area contributed by atoms with Crippen LogP contribution in [0.3, 0.4) is 0 Å². The van der Waals surface area contributed by atoms with Crippen LogP contribution in [0.4, 0.5) is 15.5 Å². The van der Waals surface area contributed by atoms with Crippen LogP contribution in [0.1, 0.15) is 27.2 Å². The fourth-order valence-corrected chi connectivity index (χ4v) is 4.12. The van der Waals surface area contributed by atoms with E-state index in [0.29, 0.717) is 47.0 Å². The van der Waals surface area contributed by atoms with Crippen molar-refractivity contribution in [3.05, 3.63) is 40.3 Å². The van der Waals surface area contributed by atoms with E-state index in [1.165, 1.54) is 11.3 Å². The molecule has 0 unspecified atom stereocenters. The molecular formula is C17H18N4O4S. The Hall–Kier alpha value is -3.07. The summed E-state index contributed by atoms with van der Waals surface area (Å²) in [5.74, 6) is 0.0888. The van der Waals surface area contributed by atoms with Gasteiger partial charge in [0.25, 0.3) is 5.91 Å². The molecule has 0 aliphatic heterocycles. The first kappa shape index (κ1) is 17.7. The molecule has 9 heteroatoms. The zero-order valence-electron chi connectivity index (χ0n) is 14.0. The average molecular weight is 374 g/mol. The lowest BCUT2D eigenvalue weighted by molar-refractivity contribution is 0.100. The van der Waals surface area contributed by atoms with Crippen molar-refractivity contribution in [1.29, 1.82) is 0 Å². The van der Waals surface area contributed by atoms with Gasteiger partial charge < -0.3 is 21.0 Å². The van der Waals surface area contributed by atoms with Crippen LogP contribution in [-0.2, 0) is 12.8 Å². The third-order valence-corrected chi connectivity index (χ3v) is 5.23. The van der Waals surface area contributed by atoms with E-state index in [1.54, 1.807) is 31.4 Å². The molecule has 0 fully saturated rings. The van der Waals surface area contributed by atoms with Crippen molar-refractivity contribution >= 4 is 39.7 Å². The summed E-state index contributed by atoms with van der Waals surface area (Å²) < 4.78 is 5.07. The number of hydrogen-bond acceptors (Lipinski definition) is 6. The number of benzene rings is 1. The van der Waals surface area contributed by atoms with E-state index >= 15 is 0 Å². The minimum atomic E-state index is -0.591. The van der Waals surface area contributed by atoms with Crippen LogP contribution in [0.15, 0.2) is 29.4 Å². The maximum absolute atomic E-state index is 12.3. The molecule has 0 bridgehead atoms. The second-order valence-corrected chi connectivity index (χ2v) is 6.83. The molecule has 3 amide bonds. The number of nitrogens with zero attached hydrogens (tertiary/aromatic N) is 1. The molecule has 1 aromatic heterocycles. The third-order valence-electron chi connectivity index (χ3n) is 4.08. The Labute approximate surface area is 153 Å². The predicted octanol–water partition coefficient (Wildman–Crippen LogP) is 2.82. The number of nitrogens with one attached hydrogen (secondary N) is 2. The lowest BCUT2D eigenvalue weighted by atomic mass is 9.94. The summed E-state index contributed by atoms with van der Waals surface area (Å²) in [7, 11) is 1.56. The standard InChI is InChI=1S/C17H18N4O4S/c1-25-11-5-2-9(3-6-11)19-17(23)20-16-14(15(18)22)12-7-4-10(21-24)8-13(12)26-16/h2-3,5-6,24H,4,7-8H2,1H3,(H2,18,22)(H2,19,20,23). The van der Waals surface area contributed by atoms with E-state index in [9.17, 15) is 9.59 Å². The number of carbonyl (C=O) groups is 2. The van der Waals surface area contributed by atoms with Gasteiger partial charge >= 0.3 is 6.03 Å². The second-order valence-electron chi connectivity index (χ2n) is 5.72. The monoisotopic (exact) mass is 374 g/mol. The van der Waals surface area contributed by atoms with Gasteiger partial charge in [0.15, 0.2) is 0 Å². The lowest BCUT2D eigenvalue weighted by Crippen LogP contribution is -2.22. The van der Waals surface area contributed by atoms with E-state index in [2.05, 4.69) is 15.8 Å². The molecule has 5 N–H and O–H groups in total. The number of primary amides is 1. The van der Waals surface area contributed by atoms with Crippen LogP contribution in [0.2, 0.25) is 0 Å². The zero-order chi connectivity index (χ0) is 18.7. The minimum Gasteiger partial charge on any atom is -0.497 e. The molecule has 0 spiro atoms. The molecule has 0 saturated heterocycles. The van der Waals surface area contributed by atoms with E-state index in [1.807, 2.05) is 0 Å². The molecule has 3 rings (SSSR count). The normalized spacial score (nSPS) is 14.6. The van der Waals surface area contributed by atoms with Crippen LogP contribution < -0.4 is 21.1 Å². The Bertz CT molecular complexity index is 874. The fraction of sp³-hybridized carbons (Fsp3) is 0.235. The van der Waals surface area contributed by atoms with Crippen molar-refractivity contribution in [3.63, 3.8) is 0 Å². The van der Waals surface area contributed by atoms with Gasteiger partial charge in [0.2, 0.25) is 0 Å². The number of urea groups is 1. The van der Waals surface area contributed by atoms with E-state index in [-0.39, 0.29) is 0 Å². The molecule has 1 aliphatic carbocycles. The van der Waals surface area contributed by atoms with Crippen LogP contribution >= 0.6 is 11.3 Å². The highest BCUT2D eigenvalue weighted by molar-refractivity contribution is 7.17. The van der Waals surface area contributed by atoms with Gasteiger partial charge in [-0.05, 0) is 42.7 Å². The maximum atomic E-state index is 12.3. The second kappa shape index (κ2) is 7.44. The Morgan fingerprint density at radius 3 is 2.58 bits per heavy atom. The number of amides is 3. The van der Waals surface area contributed by atoms with Gasteiger partial charge in [0.05, 0.1) is 18.4 Å². The molecule has 0 atom stereocenters. The average Bonchev–Trinajstić information content (AvgIpc) is 2.99. The van der Waals surface area contributed by atoms with Crippen molar-refractivity contribution in [2.75, 3.05) is 17.7 Å². The number of ether oxygens (including phenoxy) is 1. The first-order valence-electron chi connectivity index (χ1n) is 7.88. The summed E-state index contributed by atoms with van der Waals surface area (Å²) in [6.07, 6.45) is 1.54. The Morgan fingerprint density at radius 2 is 1.96 bits per heavy atom. The number of oxime groups is 1. The van der Waals surface area contributed by atoms with Gasteiger partial charge in [0.1, 0.15) is 10.8 Å². The summed E-state index contributed by atoms with van der Waals surface area (Å²) in [4.78, 5) is 25.0. The summed E-state index contributed by atoms with van der Waals surface area (Å²) >= 11 is 1.27. The molecule has 0 saturated carbocycles. The number of anilines is 2. The summed E-state index contributed by atoms with van der Waals surface area (Å²) in [6, 6.07) is 6.38. The Balaban J connectivity index is 1.79. The van der Waals surface area contributed by atoms with Crippen LogP contribution in [0.25, 0.3) is 0 Å². The number of hydrogen-bond donors (Lipinski definition) is 4. The highest BCUT2D eigenvalue weighted by Gasteiger charge is 2.27. The number of thiophene rings is 1. The van der Waals surface area contributed by atoms with Crippen molar-refractivity contribution < 1.29 is 19.5 Å². The van der Waals surface area contributed by atoms with Crippen molar-refractivity contribution in [2.24, 2.45) is 10.9 Å². The molecule has 1 heterocycles. The van der Waals surface area contributed by atoms with Gasteiger partial charge in [-0.1, -0.05) is 5.16 Å². The number of nitrogens with two attached hydrogens (primary N) is 1. The first-order valence-corrected chi connectivity index (χ1v) is 8.69. The molecule has 1 aliphatic rings. The van der Waals surface area contributed by atoms with E-state index < -0.39 is 11.9 Å². The minimum absolute atomic E-state index is 0.326. The molecule has 26 heavy (non-hydrogen) atoms. The molecule has 8 nitrogen and oxygen atoms in total. The molecule has 136 valence electrons. The Kier molecular flexibility index (Phi) is 5.08. The van der Waals surface area contributed by atoms with Gasteiger partial charge in [0, 0.05) is 17.0 Å². The molecule has 0 radical (unpaired) electrons. The van der Waals surface area contributed by atoms with Crippen molar-refractivity contribution in [3.8, 4) is 5.75 Å².